The van der Waals surface area contributed by atoms with Gasteiger partial charge in [0.15, 0.2) is 26.3 Å². The Morgan fingerprint density at radius 1 is 1.00 bits per heavy atom. The molecular formula is C34H36F3N7O4S. The number of halogens is 3. The van der Waals surface area contributed by atoms with Crippen LogP contribution in [0.2, 0.25) is 0 Å². The second kappa shape index (κ2) is 13.7. The molecule has 2 aliphatic rings. The van der Waals surface area contributed by atoms with E-state index in [-0.39, 0.29) is 48.1 Å². The van der Waals surface area contributed by atoms with E-state index < -0.39 is 55.3 Å². The maximum atomic E-state index is 15.9. The highest BCUT2D eigenvalue weighted by molar-refractivity contribution is 7.90. The van der Waals surface area contributed by atoms with Crippen LogP contribution in [0.25, 0.3) is 28.0 Å². The Bertz CT molecular complexity index is 2110. The fourth-order valence-electron chi connectivity index (χ4n) is 6.52. The normalized spacial score (nSPS) is 17.7. The molecule has 2 fully saturated rings. The number of hydrogen-bond donors (Lipinski definition) is 0. The molecule has 0 unspecified atom stereocenters. The minimum Gasteiger partial charge on any atom is -0.350 e. The predicted molar refractivity (Wildman–Crippen MR) is 179 cm³/mol. The average Bonchev–Trinajstić information content (AvgIpc) is 3.05. The van der Waals surface area contributed by atoms with Gasteiger partial charge in [0.05, 0.1) is 16.6 Å². The highest BCUT2D eigenvalue weighted by Gasteiger charge is 2.32. The number of amides is 1. The summed E-state index contributed by atoms with van der Waals surface area (Å²) in [6.45, 7) is 6.87. The molecule has 5 heterocycles. The molecule has 6 rings (SSSR count). The van der Waals surface area contributed by atoms with Crippen LogP contribution in [0.1, 0.15) is 31.7 Å². The lowest BCUT2D eigenvalue weighted by atomic mass is 10.1. The minimum absolute atomic E-state index is 0.00615. The summed E-state index contributed by atoms with van der Waals surface area (Å²) in [5, 5.41) is -0.461. The highest BCUT2D eigenvalue weighted by Crippen LogP contribution is 2.34. The fraction of sp³-hybridized carbons (Fsp3) is 0.382. The molecule has 0 bridgehead atoms. The van der Waals surface area contributed by atoms with Crippen molar-refractivity contribution in [3.05, 3.63) is 82.2 Å². The molecule has 0 radical (unpaired) electrons. The Hall–Kier alpha value is -4.63. The molecule has 2 aliphatic heterocycles. The van der Waals surface area contributed by atoms with Gasteiger partial charge < -0.3 is 9.80 Å². The molecule has 0 aliphatic carbocycles. The van der Waals surface area contributed by atoms with Crippen LogP contribution in [-0.2, 0) is 14.6 Å². The van der Waals surface area contributed by atoms with E-state index in [1.165, 1.54) is 18.7 Å². The quantitative estimate of drug-likeness (QED) is 0.264. The third-order valence-electron chi connectivity index (χ3n) is 8.95. The summed E-state index contributed by atoms with van der Waals surface area (Å²) in [6.07, 6.45) is 9.15. The number of likely N-dealkylation sites (tertiary alicyclic amines) is 1. The lowest BCUT2D eigenvalue weighted by molar-refractivity contribution is -0.126. The summed E-state index contributed by atoms with van der Waals surface area (Å²) >= 11 is 0. The van der Waals surface area contributed by atoms with E-state index in [0.29, 0.717) is 12.1 Å². The van der Waals surface area contributed by atoms with Crippen molar-refractivity contribution in [2.45, 2.75) is 44.2 Å². The third kappa shape index (κ3) is 6.81. The first-order valence-corrected chi connectivity index (χ1v) is 17.9. The van der Waals surface area contributed by atoms with Gasteiger partial charge in [-0.2, -0.15) is 4.98 Å². The van der Waals surface area contributed by atoms with Gasteiger partial charge in [-0.25, -0.2) is 40.9 Å². The minimum atomic E-state index is -4.02. The van der Waals surface area contributed by atoms with Crippen LogP contribution in [0.5, 0.6) is 0 Å². The van der Waals surface area contributed by atoms with E-state index >= 15 is 4.39 Å². The van der Waals surface area contributed by atoms with Crippen molar-refractivity contribution in [3.8, 4) is 16.9 Å². The molecule has 4 aromatic rings. The largest absolute Gasteiger partial charge is 0.355 e. The van der Waals surface area contributed by atoms with E-state index in [4.69, 9.17) is 0 Å². The fourth-order valence-corrected chi connectivity index (χ4v) is 7.37. The van der Waals surface area contributed by atoms with Crippen LogP contribution in [0.4, 0.5) is 19.0 Å². The SMILES string of the molecule is Cc1ccnc(S(C)(=O)=O)c1-n1c(=O)nc(N2CCN(C(=O)/C=C/CN3CCCCC3)C[C@@H]2C)c2cc(F)c(-c3c(F)cccc3F)nc21. The van der Waals surface area contributed by atoms with Gasteiger partial charge in [0.1, 0.15) is 23.1 Å². The van der Waals surface area contributed by atoms with Gasteiger partial charge in [-0.3, -0.25) is 9.69 Å². The third-order valence-corrected chi connectivity index (χ3v) is 9.95. The van der Waals surface area contributed by atoms with Crippen molar-refractivity contribution >= 4 is 32.6 Å². The van der Waals surface area contributed by atoms with Gasteiger partial charge in [0.2, 0.25) is 5.91 Å². The molecule has 49 heavy (non-hydrogen) atoms. The van der Waals surface area contributed by atoms with Crippen molar-refractivity contribution in [2.24, 2.45) is 0 Å². The summed E-state index contributed by atoms with van der Waals surface area (Å²) in [4.78, 5) is 45.4. The van der Waals surface area contributed by atoms with Gasteiger partial charge in [0.25, 0.3) is 0 Å². The Balaban J connectivity index is 1.45. The zero-order valence-corrected chi connectivity index (χ0v) is 28.2. The smallest absolute Gasteiger partial charge is 0.350 e. The lowest BCUT2D eigenvalue weighted by Gasteiger charge is -2.40. The number of aryl methyl sites for hydroxylation is 1. The number of carbonyl (C=O) groups excluding carboxylic acids is 1. The van der Waals surface area contributed by atoms with Crippen molar-refractivity contribution in [3.63, 3.8) is 0 Å². The summed E-state index contributed by atoms with van der Waals surface area (Å²) in [5.74, 6) is -3.37. The number of sulfone groups is 1. The molecule has 0 spiro atoms. The summed E-state index contributed by atoms with van der Waals surface area (Å²) in [6, 6.07) is 5.11. The van der Waals surface area contributed by atoms with Crippen LogP contribution in [0.15, 0.2) is 58.5 Å². The first-order valence-electron chi connectivity index (χ1n) is 16.0. The molecule has 1 amide bonds. The zero-order valence-electron chi connectivity index (χ0n) is 27.4. The second-order valence-corrected chi connectivity index (χ2v) is 14.4. The number of piperazine rings is 1. The predicted octanol–water partition coefficient (Wildman–Crippen LogP) is 4.05. The van der Waals surface area contributed by atoms with E-state index in [1.807, 2.05) is 13.0 Å². The highest BCUT2D eigenvalue weighted by atomic mass is 32.2. The van der Waals surface area contributed by atoms with Crippen molar-refractivity contribution in [1.29, 1.82) is 0 Å². The Kier molecular flexibility index (Phi) is 9.58. The molecule has 258 valence electrons. The number of piperidine rings is 1. The van der Waals surface area contributed by atoms with E-state index in [2.05, 4.69) is 19.9 Å². The zero-order chi connectivity index (χ0) is 35.0. The summed E-state index contributed by atoms with van der Waals surface area (Å²) < 4.78 is 72.3. The van der Waals surface area contributed by atoms with E-state index in [9.17, 15) is 26.8 Å². The number of benzene rings is 1. The molecule has 0 saturated carbocycles. The molecule has 0 N–H and O–H groups in total. The number of nitrogens with zero attached hydrogens (tertiary/aromatic N) is 7. The number of anilines is 1. The van der Waals surface area contributed by atoms with Gasteiger partial charge in [-0.05, 0) is 69.6 Å². The first-order chi connectivity index (χ1) is 23.3. The Morgan fingerprint density at radius 3 is 2.39 bits per heavy atom. The molecular weight excluding hydrogens is 659 g/mol. The van der Waals surface area contributed by atoms with E-state index in [0.717, 1.165) is 61.0 Å². The Morgan fingerprint density at radius 2 is 1.71 bits per heavy atom. The molecule has 1 aromatic carbocycles. The van der Waals surface area contributed by atoms with Crippen molar-refractivity contribution in [1.82, 2.24) is 29.3 Å². The molecule has 11 nitrogen and oxygen atoms in total. The number of pyridine rings is 2. The monoisotopic (exact) mass is 695 g/mol. The number of rotatable bonds is 7. The molecule has 15 heteroatoms. The first kappa shape index (κ1) is 34.2. The molecule has 2 saturated heterocycles. The average molecular weight is 696 g/mol. The number of carbonyl (C=O) groups is 1. The number of hydrogen-bond acceptors (Lipinski definition) is 9. The van der Waals surface area contributed by atoms with Gasteiger partial charge in [-0.1, -0.05) is 18.6 Å². The van der Waals surface area contributed by atoms with Crippen LogP contribution in [0.3, 0.4) is 0 Å². The van der Waals surface area contributed by atoms with E-state index in [1.54, 1.807) is 22.8 Å². The van der Waals surface area contributed by atoms with Gasteiger partial charge in [0, 0.05) is 50.7 Å². The summed E-state index contributed by atoms with van der Waals surface area (Å²) in [5.41, 5.74) is -2.56. The standard InChI is InChI=1S/C34H36F3N7O4S/c1-21-12-13-38-33(49(3,47)48)30(21)44-32-23(19-26(37)29(39-32)28-24(35)9-7-10-25(28)36)31(40-34(44)46)43-18-17-42(20-22(43)2)27(45)11-8-16-41-14-5-4-6-15-41/h7-13,19,22H,4-6,14-18,20H2,1-3H3/b11-8+/t22-/m0/s1. The molecule has 1 atom stereocenters. The lowest BCUT2D eigenvalue weighted by Crippen LogP contribution is -2.54. The second-order valence-electron chi connectivity index (χ2n) is 12.5. The maximum absolute atomic E-state index is 15.9. The van der Waals surface area contributed by atoms with Crippen LogP contribution >= 0.6 is 0 Å². The topological polar surface area (TPSA) is 122 Å². The number of aromatic nitrogens is 4. The van der Waals surface area contributed by atoms with Crippen LogP contribution in [-0.4, -0.2) is 95.2 Å². The van der Waals surface area contributed by atoms with Crippen LogP contribution in [0, 0.1) is 24.4 Å². The molecule has 3 aromatic heterocycles. The summed E-state index contributed by atoms with van der Waals surface area (Å²) in [7, 11) is -4.02. The van der Waals surface area contributed by atoms with Gasteiger partial charge >= 0.3 is 5.69 Å². The Labute approximate surface area is 281 Å². The van der Waals surface area contributed by atoms with Crippen molar-refractivity contribution < 1.29 is 26.4 Å². The van der Waals surface area contributed by atoms with Gasteiger partial charge in [-0.15, -0.1) is 0 Å². The van der Waals surface area contributed by atoms with Crippen LogP contribution < -0.4 is 10.6 Å². The number of fused-ring (bicyclic) bond motifs is 1. The van der Waals surface area contributed by atoms with Crippen molar-refractivity contribution in [2.75, 3.05) is 50.4 Å². The maximum Gasteiger partial charge on any atom is 0.355 e.